The first-order valence-corrected chi connectivity index (χ1v) is 21.6. The van der Waals surface area contributed by atoms with Crippen molar-refractivity contribution < 1.29 is 27.2 Å². The number of para-hydroxylation sites is 1. The summed E-state index contributed by atoms with van der Waals surface area (Å²) in [7, 11) is 3.95. The minimum absolute atomic E-state index is 0. The van der Waals surface area contributed by atoms with E-state index in [1.54, 1.807) is 0 Å². The number of fused-ring (bicyclic) bond motifs is 1. The van der Waals surface area contributed by atoms with Crippen molar-refractivity contribution in [1.29, 1.82) is 0 Å². The van der Waals surface area contributed by atoms with Gasteiger partial charge in [0.05, 0.1) is 28.0 Å². The number of benzene rings is 8. The standard InChI is InChI=1S/C60H47N3O.Pt/c1-39(2)51-37-53(45-25-16-9-17-26-45)57(38-52(51)44-23-14-8-15-24-44)63-56-28-18-27-50(58(56)62-60(63)54-32-40(3)31-41(4)59(54)64-5)48-33-47(43-21-12-7-13-22-43)34-49(35-48)55-36-46(29-30-61-55)42-19-10-6-11-20-42;/h6-34,36-39H,5H2,1-4H3;/q-2;+2/i39D;. The zero-order valence-electron chi connectivity index (χ0n) is 37.7. The Kier molecular flexibility index (Phi) is 11.9. The Bertz CT molecular complexity index is 3340. The molecule has 0 saturated heterocycles. The minimum Gasteiger partial charge on any atom is -0.665 e. The molecule has 0 saturated carbocycles. The van der Waals surface area contributed by atoms with Crippen molar-refractivity contribution in [2.75, 3.05) is 0 Å². The molecule has 0 unspecified atom stereocenters. The van der Waals surface area contributed by atoms with Crippen molar-refractivity contribution in [2.24, 2.45) is 0 Å². The average Bonchev–Trinajstić information content (AvgIpc) is 3.74. The summed E-state index contributed by atoms with van der Waals surface area (Å²) in [5.74, 6) is 0.463. The minimum atomic E-state index is -0.907. The predicted octanol–water partition coefficient (Wildman–Crippen LogP) is 15.8. The third-order valence-corrected chi connectivity index (χ3v) is 12.0. The van der Waals surface area contributed by atoms with E-state index in [9.17, 15) is 1.37 Å². The normalized spacial score (nSPS) is 11.6. The second-order valence-corrected chi connectivity index (χ2v) is 16.6. The molecule has 0 atom stereocenters. The van der Waals surface area contributed by atoms with Gasteiger partial charge >= 0.3 is 21.1 Å². The SMILES string of the molecule is [2H]C(C)(C)c1cc(-c2ccccc2)c(-n2c(-c3cc(C)cc(C)c3O[CH2-])nc3c(-c4[c-]c(-c5cc(-c6ccccc6)ccn5)cc(-c5ccccc5)c4)cccc32)cc1-c1ccccc1.[Pt+2]. The Hall–Kier alpha value is -7.13. The van der Waals surface area contributed by atoms with Crippen LogP contribution in [0.4, 0.5) is 0 Å². The first-order valence-electron chi connectivity index (χ1n) is 22.1. The first-order chi connectivity index (χ1) is 31.6. The molecule has 65 heavy (non-hydrogen) atoms. The van der Waals surface area contributed by atoms with E-state index in [0.717, 1.165) is 106 Å². The van der Waals surface area contributed by atoms with Gasteiger partial charge in [0.25, 0.3) is 0 Å². The molecule has 2 heterocycles. The zero-order valence-corrected chi connectivity index (χ0v) is 39.0. The summed E-state index contributed by atoms with van der Waals surface area (Å²) in [6.07, 6.45) is 1.88. The maximum absolute atomic E-state index is 9.46. The molecule has 0 aliphatic heterocycles. The summed E-state index contributed by atoms with van der Waals surface area (Å²) in [6, 6.07) is 69.2. The van der Waals surface area contributed by atoms with E-state index >= 15 is 0 Å². The number of nitrogens with zero attached hydrogens (tertiary/aromatic N) is 3. The van der Waals surface area contributed by atoms with Gasteiger partial charge in [-0.05, 0) is 100 Å². The van der Waals surface area contributed by atoms with Crippen LogP contribution >= 0.6 is 0 Å². The van der Waals surface area contributed by atoms with E-state index in [-0.39, 0.29) is 21.1 Å². The van der Waals surface area contributed by atoms with E-state index in [0.29, 0.717) is 11.6 Å². The summed E-state index contributed by atoms with van der Waals surface area (Å²) in [5.41, 5.74) is 18.4. The van der Waals surface area contributed by atoms with Crippen LogP contribution in [0.5, 0.6) is 5.75 Å². The fourth-order valence-electron chi connectivity index (χ4n) is 8.98. The third-order valence-electron chi connectivity index (χ3n) is 12.0. The van der Waals surface area contributed by atoms with E-state index in [2.05, 4.69) is 195 Å². The third kappa shape index (κ3) is 8.39. The summed E-state index contributed by atoms with van der Waals surface area (Å²) in [4.78, 5) is 10.6. The van der Waals surface area contributed by atoms with Crippen LogP contribution in [0.1, 0.15) is 37.8 Å². The largest absolute Gasteiger partial charge is 2.00 e. The van der Waals surface area contributed by atoms with Gasteiger partial charge in [-0.15, -0.1) is 23.8 Å². The zero-order chi connectivity index (χ0) is 44.7. The number of aromatic nitrogens is 3. The van der Waals surface area contributed by atoms with Crippen molar-refractivity contribution in [3.63, 3.8) is 0 Å². The number of ether oxygens (including phenoxy) is 1. The summed E-state index contributed by atoms with van der Waals surface area (Å²) < 4.78 is 17.7. The topological polar surface area (TPSA) is 39.9 Å². The fourth-order valence-corrected chi connectivity index (χ4v) is 8.98. The smallest absolute Gasteiger partial charge is 0.665 e. The van der Waals surface area contributed by atoms with Crippen LogP contribution in [-0.4, -0.2) is 14.5 Å². The van der Waals surface area contributed by atoms with Crippen molar-refractivity contribution in [3.05, 3.63) is 224 Å². The van der Waals surface area contributed by atoms with Gasteiger partial charge in [0, 0.05) is 18.8 Å². The maximum Gasteiger partial charge on any atom is 2.00 e. The quantitative estimate of drug-likeness (QED) is 0.128. The molecule has 10 rings (SSSR count). The molecule has 0 fully saturated rings. The summed E-state index contributed by atoms with van der Waals surface area (Å²) in [5, 5.41) is 0. The molecular formula is C60H47N3OPt. The molecule has 0 aliphatic carbocycles. The van der Waals surface area contributed by atoms with E-state index in [1.165, 1.54) is 0 Å². The molecule has 8 aromatic carbocycles. The van der Waals surface area contributed by atoms with Crippen LogP contribution in [0, 0.1) is 27.0 Å². The van der Waals surface area contributed by atoms with Crippen LogP contribution in [0.3, 0.4) is 0 Å². The number of pyridine rings is 1. The Morgan fingerprint density at radius 1 is 0.569 bits per heavy atom. The Balaban J connectivity index is 0.00000548. The van der Waals surface area contributed by atoms with Crippen molar-refractivity contribution in [3.8, 4) is 89.7 Å². The molecule has 5 heteroatoms. The fraction of sp³-hybridized carbons (Fsp3) is 0.0833. The van der Waals surface area contributed by atoms with Crippen molar-refractivity contribution in [2.45, 2.75) is 33.6 Å². The summed E-state index contributed by atoms with van der Waals surface area (Å²) >= 11 is 0. The van der Waals surface area contributed by atoms with Gasteiger partial charge in [-0.3, -0.25) is 9.55 Å². The van der Waals surface area contributed by atoms with Crippen LogP contribution in [-0.2, 0) is 21.1 Å². The Labute approximate surface area is 398 Å². The maximum atomic E-state index is 9.46. The van der Waals surface area contributed by atoms with Gasteiger partial charge in [-0.2, -0.15) is 7.11 Å². The molecule has 4 nitrogen and oxygen atoms in total. The molecule has 2 aromatic heterocycles. The molecule has 0 N–H and O–H groups in total. The number of imidazole rings is 1. The van der Waals surface area contributed by atoms with Crippen LogP contribution in [0.25, 0.3) is 95.0 Å². The molecule has 0 aliphatic rings. The van der Waals surface area contributed by atoms with Crippen LogP contribution < -0.4 is 4.74 Å². The average molecular weight is 1020 g/mol. The van der Waals surface area contributed by atoms with Gasteiger partial charge in [0.2, 0.25) is 0 Å². The molecular weight excluding hydrogens is 974 g/mol. The van der Waals surface area contributed by atoms with E-state index < -0.39 is 5.89 Å². The second-order valence-electron chi connectivity index (χ2n) is 16.6. The molecule has 0 bridgehead atoms. The van der Waals surface area contributed by atoms with E-state index in [4.69, 9.17) is 14.7 Å². The monoisotopic (exact) mass is 1020 g/mol. The van der Waals surface area contributed by atoms with Gasteiger partial charge in [-0.1, -0.05) is 176 Å². The van der Waals surface area contributed by atoms with Gasteiger partial charge in [0.15, 0.2) is 0 Å². The van der Waals surface area contributed by atoms with Crippen LogP contribution in [0.2, 0.25) is 0 Å². The summed E-state index contributed by atoms with van der Waals surface area (Å²) in [6.45, 7) is 8.07. The number of aryl methyl sites for hydroxylation is 2. The molecule has 10 aromatic rings. The van der Waals surface area contributed by atoms with Gasteiger partial charge < -0.3 is 4.74 Å². The van der Waals surface area contributed by atoms with Gasteiger partial charge in [-0.25, -0.2) is 4.98 Å². The Morgan fingerprint density at radius 3 is 1.80 bits per heavy atom. The molecule has 0 radical (unpaired) electrons. The van der Waals surface area contributed by atoms with E-state index in [1.807, 2.05) is 44.3 Å². The molecule has 318 valence electrons. The van der Waals surface area contributed by atoms with Gasteiger partial charge in [0.1, 0.15) is 5.82 Å². The predicted molar refractivity (Wildman–Crippen MR) is 265 cm³/mol. The molecule has 0 amide bonds. The second kappa shape index (κ2) is 18.5. The van der Waals surface area contributed by atoms with Crippen LogP contribution in [0.15, 0.2) is 194 Å². The number of rotatable bonds is 10. The first kappa shape index (κ1) is 41.9. The van der Waals surface area contributed by atoms with Crippen molar-refractivity contribution >= 4 is 11.0 Å². The Morgan fingerprint density at radius 2 is 1.17 bits per heavy atom. The van der Waals surface area contributed by atoms with Crippen molar-refractivity contribution in [1.82, 2.24) is 14.5 Å². The molecule has 0 spiro atoms. The number of hydrogen-bond acceptors (Lipinski definition) is 3. The number of hydrogen-bond donors (Lipinski definition) is 0.